The second kappa shape index (κ2) is 8.00. The zero-order valence-corrected chi connectivity index (χ0v) is 13.9. The summed E-state index contributed by atoms with van der Waals surface area (Å²) in [5.41, 5.74) is 8.43. The zero-order valence-electron chi connectivity index (χ0n) is 12.3. The topological polar surface area (TPSA) is 38.5 Å². The summed E-state index contributed by atoms with van der Waals surface area (Å²) >= 11 is 3.53. The Bertz CT molecular complexity index is 396. The van der Waals surface area contributed by atoms with Crippen LogP contribution in [0.2, 0.25) is 0 Å². The lowest BCUT2D eigenvalue weighted by Crippen LogP contribution is -2.33. The molecule has 0 radical (unpaired) electrons. The van der Waals surface area contributed by atoms with Gasteiger partial charge in [-0.15, -0.1) is 0 Å². The van der Waals surface area contributed by atoms with E-state index in [9.17, 15) is 0 Å². The van der Waals surface area contributed by atoms with Crippen LogP contribution in [-0.4, -0.2) is 37.7 Å². The summed E-state index contributed by atoms with van der Waals surface area (Å²) in [4.78, 5) is 2.26. The first kappa shape index (κ1) is 16.6. The smallest absolute Gasteiger partial charge is 0.0597 e. The normalized spacial score (nSPS) is 13.3. The van der Waals surface area contributed by atoms with Gasteiger partial charge in [-0.1, -0.05) is 28.1 Å². The fourth-order valence-corrected chi connectivity index (χ4v) is 2.28. The van der Waals surface area contributed by atoms with Crippen LogP contribution < -0.4 is 5.73 Å². The van der Waals surface area contributed by atoms with Crippen LogP contribution in [0.25, 0.3) is 0 Å². The van der Waals surface area contributed by atoms with Crippen LogP contribution >= 0.6 is 15.9 Å². The predicted octanol–water partition coefficient (Wildman–Crippen LogP) is 3.11. The molecule has 0 aliphatic rings. The van der Waals surface area contributed by atoms with Crippen molar-refractivity contribution in [3.05, 3.63) is 33.8 Å². The summed E-state index contributed by atoms with van der Waals surface area (Å²) in [5, 5.41) is 0. The Morgan fingerprint density at radius 3 is 2.58 bits per heavy atom. The van der Waals surface area contributed by atoms with Crippen LogP contribution in [0.15, 0.2) is 22.7 Å². The number of hydrogen-bond donors (Lipinski definition) is 1. The van der Waals surface area contributed by atoms with Crippen molar-refractivity contribution in [1.82, 2.24) is 4.90 Å². The number of rotatable bonds is 7. The van der Waals surface area contributed by atoms with E-state index in [-0.39, 0.29) is 12.1 Å². The van der Waals surface area contributed by atoms with Crippen LogP contribution in [-0.2, 0) is 4.74 Å². The highest BCUT2D eigenvalue weighted by Gasteiger charge is 2.16. The molecule has 3 nitrogen and oxygen atoms in total. The third-order valence-electron chi connectivity index (χ3n) is 3.22. The first-order chi connectivity index (χ1) is 8.95. The largest absolute Gasteiger partial charge is 0.377 e. The third-order valence-corrected chi connectivity index (χ3v) is 4.11. The Morgan fingerprint density at radius 2 is 2.05 bits per heavy atom. The molecule has 0 heterocycles. The van der Waals surface area contributed by atoms with Gasteiger partial charge in [0.1, 0.15) is 0 Å². The van der Waals surface area contributed by atoms with Gasteiger partial charge in [0.2, 0.25) is 0 Å². The lowest BCUT2D eigenvalue weighted by atomic mass is 10.0. The lowest BCUT2D eigenvalue weighted by Gasteiger charge is -2.28. The highest BCUT2D eigenvalue weighted by atomic mass is 79.9. The number of nitrogens with two attached hydrogens (primary N) is 1. The first-order valence-corrected chi connectivity index (χ1v) is 7.53. The third kappa shape index (κ3) is 5.22. The second-order valence-electron chi connectivity index (χ2n) is 5.16. The fourth-order valence-electron chi connectivity index (χ4n) is 2.03. The van der Waals surface area contributed by atoms with Crippen molar-refractivity contribution in [3.8, 4) is 0 Å². The molecule has 0 aliphatic heterocycles. The minimum absolute atomic E-state index is 0.238. The minimum atomic E-state index is 0.238. The Labute approximate surface area is 125 Å². The van der Waals surface area contributed by atoms with Gasteiger partial charge < -0.3 is 10.5 Å². The van der Waals surface area contributed by atoms with Gasteiger partial charge in [-0.3, -0.25) is 4.90 Å². The van der Waals surface area contributed by atoms with Crippen molar-refractivity contribution in [3.63, 3.8) is 0 Å². The van der Waals surface area contributed by atoms with E-state index in [2.05, 4.69) is 66.8 Å². The fraction of sp³-hybridized carbons (Fsp3) is 0.600. The van der Waals surface area contributed by atoms with Crippen molar-refractivity contribution in [2.24, 2.45) is 5.73 Å². The SMILES string of the molecule is Cc1cc(C(CN)N(C)CCOC(C)C)ccc1Br. The number of likely N-dealkylation sites (N-methyl/N-ethyl adjacent to an activating group) is 1. The predicted molar refractivity (Wildman–Crippen MR) is 84.4 cm³/mol. The molecule has 0 saturated heterocycles. The standard InChI is InChI=1S/C15H25BrN2O/c1-11(2)19-8-7-18(4)15(10-17)13-5-6-14(16)12(3)9-13/h5-6,9,11,15H,7-8,10,17H2,1-4H3. The van der Waals surface area contributed by atoms with Gasteiger partial charge in [0.05, 0.1) is 12.7 Å². The van der Waals surface area contributed by atoms with E-state index >= 15 is 0 Å². The quantitative estimate of drug-likeness (QED) is 0.835. The number of halogens is 1. The maximum absolute atomic E-state index is 5.93. The van der Waals surface area contributed by atoms with E-state index in [1.54, 1.807) is 0 Å². The van der Waals surface area contributed by atoms with E-state index in [1.807, 2.05) is 0 Å². The molecule has 0 amide bonds. The molecule has 0 bridgehead atoms. The Morgan fingerprint density at radius 1 is 1.37 bits per heavy atom. The van der Waals surface area contributed by atoms with Gasteiger partial charge in [-0.2, -0.15) is 0 Å². The molecule has 2 N–H and O–H groups in total. The molecule has 0 saturated carbocycles. The summed E-state index contributed by atoms with van der Waals surface area (Å²) in [6.45, 7) is 8.44. The summed E-state index contributed by atoms with van der Waals surface area (Å²) in [6, 6.07) is 6.66. The van der Waals surface area contributed by atoms with Crippen molar-refractivity contribution in [2.45, 2.75) is 32.9 Å². The van der Waals surface area contributed by atoms with Gasteiger partial charge in [-0.25, -0.2) is 0 Å². The highest BCUT2D eigenvalue weighted by molar-refractivity contribution is 9.10. The monoisotopic (exact) mass is 328 g/mol. The Kier molecular flexibility index (Phi) is 7.00. The molecule has 0 fully saturated rings. The van der Waals surface area contributed by atoms with Crippen LogP contribution in [0, 0.1) is 6.92 Å². The number of benzene rings is 1. The number of hydrogen-bond acceptors (Lipinski definition) is 3. The van der Waals surface area contributed by atoms with Crippen molar-refractivity contribution in [2.75, 3.05) is 26.7 Å². The van der Waals surface area contributed by atoms with E-state index in [4.69, 9.17) is 10.5 Å². The van der Waals surface area contributed by atoms with Gasteiger partial charge in [-0.05, 0) is 45.0 Å². The molecule has 0 aromatic heterocycles. The maximum Gasteiger partial charge on any atom is 0.0597 e. The molecular formula is C15H25BrN2O. The molecule has 0 aliphatic carbocycles. The summed E-state index contributed by atoms with van der Waals surface area (Å²) in [7, 11) is 2.10. The Balaban J connectivity index is 2.67. The average molecular weight is 329 g/mol. The molecule has 108 valence electrons. The summed E-state index contributed by atoms with van der Waals surface area (Å²) in [6.07, 6.45) is 0.277. The summed E-state index contributed by atoms with van der Waals surface area (Å²) in [5.74, 6) is 0. The van der Waals surface area contributed by atoms with Gasteiger partial charge >= 0.3 is 0 Å². The van der Waals surface area contributed by atoms with E-state index in [1.165, 1.54) is 11.1 Å². The van der Waals surface area contributed by atoms with Crippen LogP contribution in [0.4, 0.5) is 0 Å². The van der Waals surface area contributed by atoms with Gasteiger partial charge in [0, 0.05) is 23.6 Å². The van der Waals surface area contributed by atoms with Gasteiger partial charge in [0.15, 0.2) is 0 Å². The van der Waals surface area contributed by atoms with Crippen LogP contribution in [0.3, 0.4) is 0 Å². The van der Waals surface area contributed by atoms with Crippen LogP contribution in [0.5, 0.6) is 0 Å². The molecule has 1 aromatic rings. The first-order valence-electron chi connectivity index (χ1n) is 6.73. The maximum atomic E-state index is 5.93. The average Bonchev–Trinajstić information content (AvgIpc) is 2.34. The molecule has 1 unspecified atom stereocenters. The molecule has 4 heteroatoms. The van der Waals surface area contributed by atoms with Crippen LogP contribution in [0.1, 0.15) is 31.0 Å². The molecule has 1 aromatic carbocycles. The zero-order chi connectivity index (χ0) is 14.4. The second-order valence-corrected chi connectivity index (χ2v) is 6.01. The lowest BCUT2D eigenvalue weighted by molar-refractivity contribution is 0.0564. The van der Waals surface area contributed by atoms with E-state index in [0.29, 0.717) is 6.54 Å². The molecular weight excluding hydrogens is 304 g/mol. The molecule has 0 spiro atoms. The molecule has 19 heavy (non-hydrogen) atoms. The number of nitrogens with zero attached hydrogens (tertiary/aromatic N) is 1. The summed E-state index contributed by atoms with van der Waals surface area (Å²) < 4.78 is 6.73. The molecule has 1 atom stereocenters. The van der Waals surface area contributed by atoms with Crippen molar-refractivity contribution >= 4 is 15.9 Å². The van der Waals surface area contributed by atoms with E-state index in [0.717, 1.165) is 17.6 Å². The Hall–Kier alpha value is -0.420. The number of ether oxygens (including phenoxy) is 1. The molecule has 1 rings (SSSR count). The minimum Gasteiger partial charge on any atom is -0.377 e. The van der Waals surface area contributed by atoms with Crippen molar-refractivity contribution < 1.29 is 4.74 Å². The van der Waals surface area contributed by atoms with Crippen molar-refractivity contribution in [1.29, 1.82) is 0 Å². The van der Waals surface area contributed by atoms with Gasteiger partial charge in [0.25, 0.3) is 0 Å². The highest BCUT2D eigenvalue weighted by Crippen LogP contribution is 2.23. The number of aryl methyl sites for hydroxylation is 1. The van der Waals surface area contributed by atoms with E-state index < -0.39 is 0 Å².